The van der Waals surface area contributed by atoms with E-state index in [4.69, 9.17) is 4.74 Å². The molecule has 1 aromatic rings. The highest BCUT2D eigenvalue weighted by Crippen LogP contribution is 2.16. The predicted molar refractivity (Wildman–Crippen MR) is 70.3 cm³/mol. The van der Waals surface area contributed by atoms with Gasteiger partial charge in [-0.2, -0.15) is 0 Å². The molecule has 0 aliphatic rings. The molecule has 0 bridgehead atoms. The highest BCUT2D eigenvalue weighted by Gasteiger charge is 2.13. The quantitative estimate of drug-likeness (QED) is 0.874. The monoisotopic (exact) mass is 235 g/mol. The third-order valence-corrected chi connectivity index (χ3v) is 2.30. The smallest absolute Gasteiger partial charge is 0.250 e. The Morgan fingerprint density at radius 1 is 1.29 bits per heavy atom. The van der Waals surface area contributed by atoms with E-state index in [1.54, 1.807) is 0 Å². The van der Waals surface area contributed by atoms with Crippen molar-refractivity contribution in [2.24, 2.45) is 0 Å². The summed E-state index contributed by atoms with van der Waals surface area (Å²) in [7, 11) is 0. The Labute approximate surface area is 103 Å². The van der Waals surface area contributed by atoms with Crippen molar-refractivity contribution in [2.45, 2.75) is 40.2 Å². The van der Waals surface area contributed by atoms with Crippen molar-refractivity contribution in [1.82, 2.24) is 0 Å². The number of benzene rings is 1. The molecule has 3 nitrogen and oxygen atoms in total. The van der Waals surface area contributed by atoms with E-state index in [9.17, 15) is 4.79 Å². The lowest BCUT2D eigenvalue weighted by molar-refractivity contribution is -0.125. The molecule has 1 N–H and O–H groups in total. The fourth-order valence-corrected chi connectivity index (χ4v) is 1.34. The molecule has 0 atom stereocenters. The van der Waals surface area contributed by atoms with Crippen LogP contribution >= 0.6 is 0 Å². The molecule has 0 heterocycles. The van der Waals surface area contributed by atoms with Gasteiger partial charge < -0.3 is 10.1 Å². The molecule has 0 aliphatic heterocycles. The first-order valence-electron chi connectivity index (χ1n) is 5.79. The Morgan fingerprint density at radius 3 is 2.53 bits per heavy atom. The van der Waals surface area contributed by atoms with Crippen LogP contribution in [0.3, 0.4) is 0 Å². The Kier molecular flexibility index (Phi) is 4.29. The van der Waals surface area contributed by atoms with Crippen molar-refractivity contribution in [3.05, 3.63) is 29.3 Å². The van der Waals surface area contributed by atoms with Gasteiger partial charge in [-0.15, -0.1) is 0 Å². The Bertz CT molecular complexity index is 405. The number of amides is 1. The third kappa shape index (κ3) is 5.00. The number of nitrogens with one attached hydrogen (secondary N) is 1. The molecule has 1 aromatic carbocycles. The van der Waals surface area contributed by atoms with Crippen LogP contribution in [0.4, 0.5) is 5.69 Å². The zero-order valence-corrected chi connectivity index (χ0v) is 11.3. The van der Waals surface area contributed by atoms with Crippen LogP contribution in [0.5, 0.6) is 0 Å². The van der Waals surface area contributed by atoms with E-state index in [-0.39, 0.29) is 18.1 Å². The first-order chi connectivity index (χ1) is 7.78. The van der Waals surface area contributed by atoms with Crippen molar-refractivity contribution in [1.29, 1.82) is 0 Å². The third-order valence-electron chi connectivity index (χ3n) is 2.30. The second-order valence-electron chi connectivity index (χ2n) is 5.27. The SMILES string of the molecule is Cc1ccc(C)c(NC(=O)COC(C)(C)C)c1. The summed E-state index contributed by atoms with van der Waals surface area (Å²) in [5.74, 6) is -0.117. The van der Waals surface area contributed by atoms with Crippen molar-refractivity contribution in [3.8, 4) is 0 Å². The molecule has 94 valence electrons. The number of carbonyl (C=O) groups is 1. The van der Waals surface area contributed by atoms with E-state index < -0.39 is 0 Å². The maximum Gasteiger partial charge on any atom is 0.250 e. The van der Waals surface area contributed by atoms with E-state index in [1.807, 2.05) is 52.8 Å². The van der Waals surface area contributed by atoms with Gasteiger partial charge in [0.2, 0.25) is 5.91 Å². The largest absolute Gasteiger partial charge is 0.366 e. The minimum atomic E-state index is -0.293. The zero-order chi connectivity index (χ0) is 13.1. The average molecular weight is 235 g/mol. The van der Waals surface area contributed by atoms with Gasteiger partial charge in [-0.3, -0.25) is 4.79 Å². The molecule has 0 saturated heterocycles. The number of ether oxygens (including phenoxy) is 1. The molecule has 0 aromatic heterocycles. The first kappa shape index (κ1) is 13.7. The lowest BCUT2D eigenvalue weighted by Crippen LogP contribution is -2.27. The molecular formula is C14H21NO2. The minimum Gasteiger partial charge on any atom is -0.366 e. The molecule has 1 amide bonds. The van der Waals surface area contributed by atoms with Gasteiger partial charge in [0.25, 0.3) is 0 Å². The summed E-state index contributed by atoms with van der Waals surface area (Å²) < 4.78 is 5.42. The van der Waals surface area contributed by atoms with Gasteiger partial charge >= 0.3 is 0 Å². The normalized spacial score (nSPS) is 11.4. The van der Waals surface area contributed by atoms with E-state index >= 15 is 0 Å². The topological polar surface area (TPSA) is 38.3 Å². The van der Waals surface area contributed by atoms with Crippen LogP contribution in [0.2, 0.25) is 0 Å². The standard InChI is InChI=1S/C14H21NO2/c1-10-6-7-11(2)12(8-10)15-13(16)9-17-14(3,4)5/h6-8H,9H2,1-5H3,(H,15,16). The second-order valence-corrected chi connectivity index (χ2v) is 5.27. The summed E-state index contributed by atoms with van der Waals surface area (Å²) >= 11 is 0. The molecule has 0 saturated carbocycles. The van der Waals surface area contributed by atoms with Gasteiger partial charge in [0.05, 0.1) is 5.60 Å². The maximum absolute atomic E-state index is 11.7. The molecule has 3 heteroatoms. The molecule has 0 unspecified atom stereocenters. The van der Waals surface area contributed by atoms with Gasteiger partial charge in [-0.25, -0.2) is 0 Å². The minimum absolute atomic E-state index is 0.0802. The van der Waals surface area contributed by atoms with E-state index in [0.29, 0.717) is 0 Å². The predicted octanol–water partition coefficient (Wildman–Crippen LogP) is 3.06. The Morgan fingerprint density at radius 2 is 1.94 bits per heavy atom. The lowest BCUT2D eigenvalue weighted by Gasteiger charge is -2.19. The highest BCUT2D eigenvalue weighted by atomic mass is 16.5. The van der Waals surface area contributed by atoms with Crippen LogP contribution in [0.15, 0.2) is 18.2 Å². The second kappa shape index (κ2) is 5.32. The van der Waals surface area contributed by atoms with E-state index in [0.717, 1.165) is 16.8 Å². The molecule has 0 spiro atoms. The van der Waals surface area contributed by atoms with Gasteiger partial charge in [-0.1, -0.05) is 12.1 Å². The number of carbonyl (C=O) groups excluding carboxylic acids is 1. The highest BCUT2D eigenvalue weighted by molar-refractivity contribution is 5.92. The van der Waals surface area contributed by atoms with Crippen LogP contribution in [-0.2, 0) is 9.53 Å². The van der Waals surface area contributed by atoms with Crippen molar-refractivity contribution >= 4 is 11.6 Å². The average Bonchev–Trinajstić information content (AvgIpc) is 2.20. The zero-order valence-electron chi connectivity index (χ0n) is 11.3. The van der Waals surface area contributed by atoms with Gasteiger partial charge in [0, 0.05) is 5.69 Å². The number of anilines is 1. The van der Waals surface area contributed by atoms with Crippen LogP contribution < -0.4 is 5.32 Å². The fourth-order valence-electron chi connectivity index (χ4n) is 1.34. The summed E-state index contributed by atoms with van der Waals surface area (Å²) in [5.41, 5.74) is 2.74. The molecule has 0 radical (unpaired) electrons. The fraction of sp³-hybridized carbons (Fsp3) is 0.500. The van der Waals surface area contributed by atoms with Crippen molar-refractivity contribution in [2.75, 3.05) is 11.9 Å². The molecular weight excluding hydrogens is 214 g/mol. The number of rotatable bonds is 3. The van der Waals surface area contributed by atoms with Crippen LogP contribution in [0.1, 0.15) is 31.9 Å². The lowest BCUT2D eigenvalue weighted by atomic mass is 10.1. The first-order valence-corrected chi connectivity index (χ1v) is 5.79. The van der Waals surface area contributed by atoms with Gasteiger partial charge in [0.1, 0.15) is 6.61 Å². The van der Waals surface area contributed by atoms with Crippen molar-refractivity contribution in [3.63, 3.8) is 0 Å². The van der Waals surface area contributed by atoms with Crippen molar-refractivity contribution < 1.29 is 9.53 Å². The maximum atomic E-state index is 11.7. The molecule has 1 rings (SSSR count). The Hall–Kier alpha value is -1.35. The summed E-state index contributed by atoms with van der Waals surface area (Å²) in [6, 6.07) is 5.98. The summed E-state index contributed by atoms with van der Waals surface area (Å²) in [6.07, 6.45) is 0. The summed E-state index contributed by atoms with van der Waals surface area (Å²) in [5, 5.41) is 2.86. The number of hydrogen-bond donors (Lipinski definition) is 1. The Balaban J connectivity index is 2.59. The summed E-state index contributed by atoms with van der Waals surface area (Å²) in [4.78, 5) is 11.7. The molecule has 0 aliphatic carbocycles. The van der Waals surface area contributed by atoms with Crippen LogP contribution in [0, 0.1) is 13.8 Å². The number of hydrogen-bond acceptors (Lipinski definition) is 2. The van der Waals surface area contributed by atoms with E-state index in [2.05, 4.69) is 5.32 Å². The van der Waals surface area contributed by atoms with Gasteiger partial charge in [-0.05, 0) is 51.8 Å². The molecule has 17 heavy (non-hydrogen) atoms. The van der Waals surface area contributed by atoms with Crippen LogP contribution in [-0.4, -0.2) is 18.1 Å². The molecule has 0 fully saturated rings. The van der Waals surface area contributed by atoms with E-state index in [1.165, 1.54) is 0 Å². The van der Waals surface area contributed by atoms with Gasteiger partial charge in [0.15, 0.2) is 0 Å². The summed E-state index contributed by atoms with van der Waals surface area (Å²) in [6.45, 7) is 9.84. The van der Waals surface area contributed by atoms with Crippen LogP contribution in [0.25, 0.3) is 0 Å². The number of aryl methyl sites for hydroxylation is 2.